The Bertz CT molecular complexity index is 712. The van der Waals surface area contributed by atoms with Crippen LogP contribution in [0.3, 0.4) is 0 Å². The molecule has 1 saturated heterocycles. The Labute approximate surface area is 138 Å². The van der Waals surface area contributed by atoms with E-state index in [0.29, 0.717) is 30.3 Å². The first-order chi connectivity index (χ1) is 11.6. The average Bonchev–Trinajstić information content (AvgIpc) is 2.58. The second kappa shape index (κ2) is 7.18. The van der Waals surface area contributed by atoms with Gasteiger partial charge in [0.2, 0.25) is 0 Å². The Morgan fingerprint density at radius 3 is 2.88 bits per heavy atom. The van der Waals surface area contributed by atoms with Gasteiger partial charge < -0.3 is 21.7 Å². The van der Waals surface area contributed by atoms with Gasteiger partial charge in [0.15, 0.2) is 0 Å². The largest absolute Gasteiger partial charge is 0.378 e. The Morgan fingerprint density at radius 2 is 2.17 bits per heavy atom. The maximum absolute atomic E-state index is 14.0. The summed E-state index contributed by atoms with van der Waals surface area (Å²) in [5, 5.41) is 9.04. The van der Waals surface area contributed by atoms with Crippen molar-refractivity contribution in [2.24, 2.45) is 5.73 Å². The van der Waals surface area contributed by atoms with Crippen molar-refractivity contribution < 1.29 is 9.18 Å². The molecule has 5 N–H and O–H groups in total. The predicted octanol–water partition coefficient (Wildman–Crippen LogP) is 0.826. The van der Waals surface area contributed by atoms with Gasteiger partial charge in [-0.05, 0) is 13.0 Å². The molecule has 1 amide bonds. The van der Waals surface area contributed by atoms with Gasteiger partial charge in [0.05, 0.1) is 23.5 Å². The molecule has 1 aliphatic heterocycles. The number of rotatable bonds is 5. The summed E-state index contributed by atoms with van der Waals surface area (Å²) in [4.78, 5) is 23.8. The number of carbonyl (C=O) groups excluding carboxylic acids is 1. The van der Waals surface area contributed by atoms with Crippen LogP contribution in [0.2, 0.25) is 0 Å². The average molecular weight is 331 g/mol. The molecule has 0 unspecified atom stereocenters. The van der Waals surface area contributed by atoms with E-state index in [2.05, 4.69) is 30.9 Å². The van der Waals surface area contributed by atoms with Crippen molar-refractivity contribution in [3.8, 4) is 0 Å². The number of pyridine rings is 1. The number of hydrogen-bond acceptors (Lipinski definition) is 7. The van der Waals surface area contributed by atoms with Crippen molar-refractivity contribution in [2.45, 2.75) is 18.6 Å². The summed E-state index contributed by atoms with van der Waals surface area (Å²) < 4.78 is 14.0. The molecule has 2 aromatic rings. The molecular formula is C15H18FN7O. The number of carbonyl (C=O) groups is 1. The zero-order valence-electron chi connectivity index (χ0n) is 12.9. The Hall–Kier alpha value is -2.81. The van der Waals surface area contributed by atoms with Gasteiger partial charge in [-0.1, -0.05) is 0 Å². The van der Waals surface area contributed by atoms with Crippen molar-refractivity contribution in [3.05, 3.63) is 36.4 Å². The summed E-state index contributed by atoms with van der Waals surface area (Å²) >= 11 is 0. The summed E-state index contributed by atoms with van der Waals surface area (Å²) in [6.07, 6.45) is 5.56. The second-order valence-electron chi connectivity index (χ2n) is 5.45. The molecule has 3 heterocycles. The Balaban J connectivity index is 1.84. The standard InChI is InChI=1S/C15H18FN7O/c16-10-7-18-2-1-11(10)22-12-5-13(21-6-9(12)15(17)24)23-14-8-19-3-4-20-14/h3-6,8,10-11,18H,1-2,7H2,(H2,17,24)(H2,20,21,22,23)/t10-,11+/m0/s1. The minimum Gasteiger partial charge on any atom is -0.378 e. The van der Waals surface area contributed by atoms with E-state index < -0.39 is 18.1 Å². The van der Waals surface area contributed by atoms with Crippen LogP contribution in [-0.2, 0) is 0 Å². The highest BCUT2D eigenvalue weighted by atomic mass is 19.1. The Kier molecular flexibility index (Phi) is 4.80. The molecule has 0 saturated carbocycles. The normalized spacial score (nSPS) is 20.4. The van der Waals surface area contributed by atoms with Gasteiger partial charge in [-0.3, -0.25) is 9.78 Å². The van der Waals surface area contributed by atoms with E-state index in [1.807, 2.05) is 0 Å². The third-order valence-corrected chi connectivity index (χ3v) is 3.74. The van der Waals surface area contributed by atoms with Gasteiger partial charge in [-0.15, -0.1) is 0 Å². The lowest BCUT2D eigenvalue weighted by atomic mass is 10.0. The Morgan fingerprint density at radius 1 is 1.29 bits per heavy atom. The van der Waals surface area contributed by atoms with Gasteiger partial charge in [0.25, 0.3) is 5.91 Å². The maximum Gasteiger partial charge on any atom is 0.252 e. The van der Waals surface area contributed by atoms with Crippen LogP contribution in [-0.4, -0.2) is 46.2 Å². The fourth-order valence-corrected chi connectivity index (χ4v) is 2.52. The van der Waals surface area contributed by atoms with Gasteiger partial charge in [0.1, 0.15) is 17.8 Å². The lowest BCUT2D eigenvalue weighted by Crippen LogP contribution is -2.45. The number of amides is 1. The number of hydrogen-bond donors (Lipinski definition) is 4. The molecule has 1 fully saturated rings. The summed E-state index contributed by atoms with van der Waals surface area (Å²) in [6.45, 7) is 0.985. The quantitative estimate of drug-likeness (QED) is 0.641. The number of alkyl halides is 1. The molecule has 1 aliphatic rings. The number of halogens is 1. The molecule has 0 bridgehead atoms. The number of nitrogens with two attached hydrogens (primary N) is 1. The van der Waals surface area contributed by atoms with Crippen molar-refractivity contribution in [3.63, 3.8) is 0 Å². The van der Waals surface area contributed by atoms with Crippen molar-refractivity contribution in [1.82, 2.24) is 20.3 Å². The van der Waals surface area contributed by atoms with E-state index >= 15 is 0 Å². The number of nitrogens with one attached hydrogen (secondary N) is 3. The highest BCUT2D eigenvalue weighted by Gasteiger charge is 2.25. The summed E-state index contributed by atoms with van der Waals surface area (Å²) in [5.41, 5.74) is 6.05. The van der Waals surface area contributed by atoms with Crippen LogP contribution >= 0.6 is 0 Å². The molecule has 2 atom stereocenters. The summed E-state index contributed by atoms with van der Waals surface area (Å²) in [7, 11) is 0. The van der Waals surface area contributed by atoms with Crippen LogP contribution in [0, 0.1) is 0 Å². The summed E-state index contributed by atoms with van der Waals surface area (Å²) in [5.74, 6) is 0.334. The molecule has 0 aliphatic carbocycles. The number of nitrogens with zero attached hydrogens (tertiary/aromatic N) is 3. The smallest absolute Gasteiger partial charge is 0.252 e. The zero-order valence-corrected chi connectivity index (χ0v) is 12.9. The van der Waals surface area contributed by atoms with Crippen molar-refractivity contribution >= 4 is 23.2 Å². The van der Waals surface area contributed by atoms with Crippen LogP contribution in [0.1, 0.15) is 16.8 Å². The van der Waals surface area contributed by atoms with Crippen LogP contribution in [0.15, 0.2) is 30.9 Å². The predicted molar refractivity (Wildman–Crippen MR) is 87.9 cm³/mol. The maximum atomic E-state index is 14.0. The van der Waals surface area contributed by atoms with Crippen LogP contribution < -0.4 is 21.7 Å². The van der Waals surface area contributed by atoms with Crippen LogP contribution in [0.4, 0.5) is 21.7 Å². The molecule has 0 radical (unpaired) electrons. The number of aromatic nitrogens is 3. The zero-order chi connectivity index (χ0) is 16.9. The molecule has 2 aromatic heterocycles. The van der Waals surface area contributed by atoms with Crippen LogP contribution in [0.5, 0.6) is 0 Å². The first kappa shape index (κ1) is 16.1. The van der Waals surface area contributed by atoms with E-state index in [4.69, 9.17) is 5.73 Å². The molecule has 24 heavy (non-hydrogen) atoms. The lowest BCUT2D eigenvalue weighted by Gasteiger charge is -2.29. The molecule has 9 heteroatoms. The van der Waals surface area contributed by atoms with E-state index in [9.17, 15) is 9.18 Å². The fraction of sp³-hybridized carbons (Fsp3) is 0.333. The van der Waals surface area contributed by atoms with E-state index in [1.54, 1.807) is 24.7 Å². The molecule has 126 valence electrons. The highest BCUT2D eigenvalue weighted by Crippen LogP contribution is 2.23. The monoisotopic (exact) mass is 331 g/mol. The van der Waals surface area contributed by atoms with Crippen LogP contribution in [0.25, 0.3) is 0 Å². The first-order valence-electron chi connectivity index (χ1n) is 7.57. The van der Waals surface area contributed by atoms with Crippen molar-refractivity contribution in [2.75, 3.05) is 23.7 Å². The van der Waals surface area contributed by atoms with Gasteiger partial charge in [-0.25, -0.2) is 14.4 Å². The lowest BCUT2D eigenvalue weighted by molar-refractivity contribution is 0.100. The second-order valence-corrected chi connectivity index (χ2v) is 5.45. The van der Waals surface area contributed by atoms with Gasteiger partial charge >= 0.3 is 0 Å². The number of piperidine rings is 1. The van der Waals surface area contributed by atoms with E-state index in [0.717, 1.165) is 0 Å². The minimum atomic E-state index is -1.05. The molecule has 0 aromatic carbocycles. The van der Waals surface area contributed by atoms with Gasteiger partial charge in [-0.2, -0.15) is 0 Å². The number of anilines is 3. The third kappa shape index (κ3) is 3.74. The molecule has 8 nitrogen and oxygen atoms in total. The van der Waals surface area contributed by atoms with Gasteiger partial charge in [0, 0.05) is 31.2 Å². The van der Waals surface area contributed by atoms with E-state index in [-0.39, 0.29) is 12.1 Å². The highest BCUT2D eigenvalue weighted by molar-refractivity contribution is 5.98. The topological polar surface area (TPSA) is 118 Å². The fourth-order valence-electron chi connectivity index (χ4n) is 2.52. The number of primary amides is 1. The minimum absolute atomic E-state index is 0.213. The SMILES string of the molecule is NC(=O)c1cnc(Nc2cnccn2)cc1N[C@@H]1CCNC[C@@H]1F. The first-order valence-corrected chi connectivity index (χ1v) is 7.57. The molecule has 0 spiro atoms. The molecular weight excluding hydrogens is 313 g/mol. The molecule has 3 rings (SSSR count). The third-order valence-electron chi connectivity index (χ3n) is 3.74. The van der Waals surface area contributed by atoms with E-state index in [1.165, 1.54) is 6.20 Å². The summed E-state index contributed by atoms with van der Waals surface area (Å²) in [6, 6.07) is 1.22. The van der Waals surface area contributed by atoms with Crippen molar-refractivity contribution in [1.29, 1.82) is 0 Å².